The number of methoxy groups -OCH3 is 2. The van der Waals surface area contributed by atoms with Gasteiger partial charge in [-0.3, -0.25) is 0 Å². The Morgan fingerprint density at radius 3 is 2.86 bits per heavy atom. The molecule has 0 aliphatic carbocycles. The molecule has 0 spiro atoms. The molecule has 0 radical (unpaired) electrons. The first-order valence-corrected chi connectivity index (χ1v) is 8.09. The van der Waals surface area contributed by atoms with Crippen LogP contribution in [0.1, 0.15) is 24.6 Å². The molecule has 2 heterocycles. The molecule has 6 heteroatoms. The molecule has 112 valence electrons. The van der Waals surface area contributed by atoms with Gasteiger partial charge < -0.3 is 14.8 Å². The Morgan fingerprint density at radius 1 is 1.33 bits per heavy atom. The normalized spacial score (nSPS) is 18.0. The maximum absolute atomic E-state index is 6.26. The molecular formula is C15H17ClN2O2S. The van der Waals surface area contributed by atoms with Crippen LogP contribution < -0.4 is 14.8 Å². The number of rotatable bonds is 4. The van der Waals surface area contributed by atoms with E-state index in [1.165, 1.54) is 6.42 Å². The van der Waals surface area contributed by atoms with Gasteiger partial charge in [-0.15, -0.1) is 11.3 Å². The van der Waals surface area contributed by atoms with Crippen molar-refractivity contribution in [3.63, 3.8) is 0 Å². The molecule has 0 saturated carbocycles. The van der Waals surface area contributed by atoms with Gasteiger partial charge in [0.05, 0.1) is 31.0 Å². The zero-order valence-electron chi connectivity index (χ0n) is 12.0. The average Bonchev–Trinajstić information content (AvgIpc) is 3.16. The summed E-state index contributed by atoms with van der Waals surface area (Å²) in [6, 6.07) is 4.16. The number of ether oxygens (including phenoxy) is 2. The van der Waals surface area contributed by atoms with Crippen LogP contribution in [0.2, 0.25) is 5.02 Å². The number of benzene rings is 1. The summed E-state index contributed by atoms with van der Waals surface area (Å²) in [6.45, 7) is 1.07. The van der Waals surface area contributed by atoms with Crippen LogP contribution in [0.15, 0.2) is 17.5 Å². The van der Waals surface area contributed by atoms with Crippen molar-refractivity contribution >= 4 is 22.9 Å². The Kier molecular flexibility index (Phi) is 4.33. The van der Waals surface area contributed by atoms with Gasteiger partial charge in [0.1, 0.15) is 5.01 Å². The molecule has 1 aromatic heterocycles. The molecule has 1 N–H and O–H groups in total. The zero-order chi connectivity index (χ0) is 14.8. The Labute approximate surface area is 133 Å². The lowest BCUT2D eigenvalue weighted by Gasteiger charge is -2.10. The van der Waals surface area contributed by atoms with Crippen LogP contribution in [-0.4, -0.2) is 25.7 Å². The monoisotopic (exact) mass is 324 g/mol. The number of hydrogen-bond acceptors (Lipinski definition) is 5. The summed E-state index contributed by atoms with van der Waals surface area (Å²) < 4.78 is 10.6. The van der Waals surface area contributed by atoms with Crippen LogP contribution in [0.4, 0.5) is 0 Å². The minimum Gasteiger partial charge on any atom is -0.493 e. The van der Waals surface area contributed by atoms with Gasteiger partial charge in [0.2, 0.25) is 0 Å². The van der Waals surface area contributed by atoms with Crippen molar-refractivity contribution < 1.29 is 9.47 Å². The highest BCUT2D eigenvalue weighted by Gasteiger charge is 2.20. The minimum absolute atomic E-state index is 0.380. The van der Waals surface area contributed by atoms with Crippen molar-refractivity contribution in [1.29, 1.82) is 0 Å². The largest absolute Gasteiger partial charge is 0.493 e. The molecule has 1 saturated heterocycles. The fourth-order valence-corrected chi connectivity index (χ4v) is 3.71. The highest BCUT2D eigenvalue weighted by atomic mass is 35.5. The van der Waals surface area contributed by atoms with E-state index in [2.05, 4.69) is 10.7 Å². The first-order valence-electron chi connectivity index (χ1n) is 6.83. The molecule has 1 aromatic carbocycles. The zero-order valence-corrected chi connectivity index (χ0v) is 13.6. The van der Waals surface area contributed by atoms with E-state index in [-0.39, 0.29) is 0 Å². The van der Waals surface area contributed by atoms with E-state index in [1.54, 1.807) is 25.6 Å². The number of thiazole rings is 1. The summed E-state index contributed by atoms with van der Waals surface area (Å²) in [4.78, 5) is 4.74. The Hall–Kier alpha value is -1.30. The number of hydrogen-bond donors (Lipinski definition) is 1. The summed E-state index contributed by atoms with van der Waals surface area (Å²) in [7, 11) is 3.18. The van der Waals surface area contributed by atoms with Gasteiger partial charge in [-0.1, -0.05) is 11.6 Å². The standard InChI is InChI=1S/C15H17ClN2O2S/c1-19-13-7-9(6-10(16)14(13)20-2)15-18-12(8-21-15)11-4-3-5-17-11/h6-8,11,17H,3-5H2,1-2H3/t11-/m0/s1. The SMILES string of the molecule is COc1cc(-c2nc([C@@H]3CCCN3)cs2)cc(Cl)c1OC. The fraction of sp³-hybridized carbons (Fsp3) is 0.400. The molecule has 2 aromatic rings. The second-order valence-electron chi connectivity index (χ2n) is 4.92. The third-order valence-electron chi connectivity index (χ3n) is 3.62. The first kappa shape index (κ1) is 14.6. The molecular weight excluding hydrogens is 308 g/mol. The maximum atomic E-state index is 6.26. The van der Waals surface area contributed by atoms with Crippen molar-refractivity contribution in [2.75, 3.05) is 20.8 Å². The Bertz CT molecular complexity index is 639. The van der Waals surface area contributed by atoms with Crippen LogP contribution in [0.25, 0.3) is 10.6 Å². The van der Waals surface area contributed by atoms with Gasteiger partial charge >= 0.3 is 0 Å². The van der Waals surface area contributed by atoms with Gasteiger partial charge in [0.25, 0.3) is 0 Å². The quantitative estimate of drug-likeness (QED) is 0.926. The lowest BCUT2D eigenvalue weighted by molar-refractivity contribution is 0.355. The molecule has 21 heavy (non-hydrogen) atoms. The Morgan fingerprint density at radius 2 is 2.19 bits per heavy atom. The molecule has 3 rings (SSSR count). The minimum atomic E-state index is 0.380. The second kappa shape index (κ2) is 6.22. The lowest BCUT2D eigenvalue weighted by atomic mass is 10.2. The van der Waals surface area contributed by atoms with Crippen molar-refractivity contribution in [2.24, 2.45) is 0 Å². The van der Waals surface area contributed by atoms with Gasteiger partial charge in [0, 0.05) is 10.9 Å². The van der Waals surface area contributed by atoms with Gasteiger partial charge in [-0.05, 0) is 31.5 Å². The van der Waals surface area contributed by atoms with E-state index < -0.39 is 0 Å². The lowest BCUT2D eigenvalue weighted by Crippen LogP contribution is -2.12. The molecule has 1 aliphatic heterocycles. The third kappa shape index (κ3) is 2.86. The van der Waals surface area contributed by atoms with Gasteiger partial charge in [-0.25, -0.2) is 4.98 Å². The van der Waals surface area contributed by atoms with Gasteiger partial charge in [0.15, 0.2) is 11.5 Å². The van der Waals surface area contributed by atoms with Crippen molar-refractivity contribution in [1.82, 2.24) is 10.3 Å². The molecule has 4 nitrogen and oxygen atoms in total. The van der Waals surface area contributed by atoms with Gasteiger partial charge in [-0.2, -0.15) is 0 Å². The van der Waals surface area contributed by atoms with E-state index in [4.69, 9.17) is 26.1 Å². The molecule has 1 aliphatic rings. The highest BCUT2D eigenvalue weighted by Crippen LogP contribution is 2.40. The third-order valence-corrected chi connectivity index (χ3v) is 4.81. The average molecular weight is 325 g/mol. The summed E-state index contributed by atoms with van der Waals surface area (Å²) in [6.07, 6.45) is 2.36. The predicted molar refractivity (Wildman–Crippen MR) is 85.6 cm³/mol. The predicted octanol–water partition coefficient (Wildman–Crippen LogP) is 3.91. The molecule has 0 amide bonds. The number of halogens is 1. The van der Waals surface area contributed by atoms with Crippen LogP contribution >= 0.6 is 22.9 Å². The van der Waals surface area contributed by atoms with Crippen LogP contribution in [0.5, 0.6) is 11.5 Å². The summed E-state index contributed by atoms with van der Waals surface area (Å²) in [5, 5.41) is 7.05. The molecule has 1 atom stereocenters. The summed E-state index contributed by atoms with van der Waals surface area (Å²) in [5.41, 5.74) is 2.06. The Balaban J connectivity index is 1.95. The first-order chi connectivity index (χ1) is 10.2. The van der Waals surface area contributed by atoms with E-state index in [0.29, 0.717) is 22.6 Å². The smallest absolute Gasteiger partial charge is 0.179 e. The van der Waals surface area contributed by atoms with Crippen LogP contribution in [0, 0.1) is 0 Å². The fourth-order valence-electron chi connectivity index (χ4n) is 2.56. The van der Waals surface area contributed by atoms with Crippen LogP contribution in [0.3, 0.4) is 0 Å². The number of nitrogens with one attached hydrogen (secondary N) is 1. The summed E-state index contributed by atoms with van der Waals surface area (Å²) >= 11 is 7.88. The number of aromatic nitrogens is 1. The van der Waals surface area contributed by atoms with Crippen molar-refractivity contribution in [3.05, 3.63) is 28.2 Å². The molecule has 1 fully saturated rings. The second-order valence-corrected chi connectivity index (χ2v) is 6.19. The number of nitrogens with zero attached hydrogens (tertiary/aromatic N) is 1. The van der Waals surface area contributed by atoms with Crippen LogP contribution in [-0.2, 0) is 0 Å². The van der Waals surface area contributed by atoms with E-state index in [9.17, 15) is 0 Å². The molecule has 0 unspecified atom stereocenters. The highest BCUT2D eigenvalue weighted by molar-refractivity contribution is 7.13. The van der Waals surface area contributed by atoms with E-state index in [0.717, 1.165) is 29.2 Å². The summed E-state index contributed by atoms with van der Waals surface area (Å²) in [5.74, 6) is 1.17. The molecule has 0 bridgehead atoms. The van der Waals surface area contributed by atoms with E-state index in [1.807, 2.05) is 12.1 Å². The van der Waals surface area contributed by atoms with Crippen molar-refractivity contribution in [3.8, 4) is 22.1 Å². The van der Waals surface area contributed by atoms with E-state index >= 15 is 0 Å². The topological polar surface area (TPSA) is 43.4 Å². The van der Waals surface area contributed by atoms with Crippen molar-refractivity contribution in [2.45, 2.75) is 18.9 Å². The maximum Gasteiger partial charge on any atom is 0.179 e.